The first-order chi connectivity index (χ1) is 13.4. The lowest BCUT2D eigenvalue weighted by Crippen LogP contribution is -2.44. The molecule has 0 saturated carbocycles. The summed E-state index contributed by atoms with van der Waals surface area (Å²) >= 11 is 5.63. The first-order valence-corrected chi connectivity index (χ1v) is 10.7. The standard InChI is InChI=1S/C22H34N4OS/c1-6-11-23-22(28)26(13-12-25(7-2)8-3)15-18-14-19-16(4)9-10-17(5)20(19)24-21(18)27/h9-10,14H,6-8,11-13,15H2,1-5H3,(H,23,28)(H,24,27). The van der Waals surface area contributed by atoms with Gasteiger partial charge < -0.3 is 20.1 Å². The summed E-state index contributed by atoms with van der Waals surface area (Å²) in [4.78, 5) is 20.3. The second-order valence-corrected chi connectivity index (χ2v) is 7.68. The van der Waals surface area contributed by atoms with Crippen molar-refractivity contribution in [3.05, 3.63) is 45.2 Å². The zero-order chi connectivity index (χ0) is 20.7. The van der Waals surface area contributed by atoms with Gasteiger partial charge in [-0.25, -0.2) is 0 Å². The molecule has 0 atom stereocenters. The first-order valence-electron chi connectivity index (χ1n) is 10.3. The van der Waals surface area contributed by atoms with Gasteiger partial charge in [-0.15, -0.1) is 0 Å². The molecule has 5 nitrogen and oxygen atoms in total. The number of likely N-dealkylation sites (N-methyl/N-ethyl adjacent to an activating group) is 1. The number of aromatic nitrogens is 1. The highest BCUT2D eigenvalue weighted by Crippen LogP contribution is 2.20. The summed E-state index contributed by atoms with van der Waals surface area (Å²) in [7, 11) is 0. The Morgan fingerprint density at radius 1 is 1.11 bits per heavy atom. The largest absolute Gasteiger partial charge is 0.363 e. The molecule has 1 aromatic heterocycles. The van der Waals surface area contributed by atoms with E-state index in [1.54, 1.807) is 0 Å². The number of nitrogens with zero attached hydrogens (tertiary/aromatic N) is 2. The van der Waals surface area contributed by atoms with Crippen molar-refractivity contribution < 1.29 is 0 Å². The number of pyridine rings is 1. The van der Waals surface area contributed by atoms with Crippen LogP contribution >= 0.6 is 12.2 Å². The van der Waals surface area contributed by atoms with Gasteiger partial charge in [-0.05, 0) is 62.8 Å². The number of thiocarbonyl (C=S) groups is 1. The van der Waals surface area contributed by atoms with Crippen LogP contribution in [0.25, 0.3) is 10.9 Å². The minimum Gasteiger partial charge on any atom is -0.363 e. The van der Waals surface area contributed by atoms with E-state index in [2.05, 4.69) is 53.9 Å². The van der Waals surface area contributed by atoms with Crippen molar-refractivity contribution >= 4 is 28.2 Å². The topological polar surface area (TPSA) is 51.4 Å². The van der Waals surface area contributed by atoms with Crippen LogP contribution in [0.5, 0.6) is 0 Å². The third-order valence-electron chi connectivity index (χ3n) is 5.28. The summed E-state index contributed by atoms with van der Waals surface area (Å²) in [6, 6.07) is 6.18. The fourth-order valence-electron chi connectivity index (χ4n) is 3.34. The van der Waals surface area contributed by atoms with Crippen LogP contribution in [-0.2, 0) is 6.54 Å². The Hall–Kier alpha value is -1.92. The average Bonchev–Trinajstić information content (AvgIpc) is 2.69. The molecule has 0 bridgehead atoms. The van der Waals surface area contributed by atoms with Crippen molar-refractivity contribution in [2.24, 2.45) is 0 Å². The summed E-state index contributed by atoms with van der Waals surface area (Å²) in [5.41, 5.74) is 3.89. The molecular weight excluding hydrogens is 368 g/mol. The fourth-order valence-corrected chi connectivity index (χ4v) is 3.60. The summed E-state index contributed by atoms with van der Waals surface area (Å²) in [5.74, 6) is 0. The van der Waals surface area contributed by atoms with Gasteiger partial charge in [-0.3, -0.25) is 4.79 Å². The maximum absolute atomic E-state index is 12.8. The zero-order valence-electron chi connectivity index (χ0n) is 17.9. The number of hydrogen-bond donors (Lipinski definition) is 2. The molecule has 0 aliphatic rings. The van der Waals surface area contributed by atoms with Crippen molar-refractivity contribution in [3.8, 4) is 0 Å². The molecule has 0 unspecified atom stereocenters. The molecule has 0 radical (unpaired) electrons. The molecule has 0 fully saturated rings. The predicted octanol–water partition coefficient (Wildman–Crippen LogP) is 3.57. The molecule has 2 rings (SSSR count). The van der Waals surface area contributed by atoms with Crippen LogP contribution in [0, 0.1) is 13.8 Å². The number of fused-ring (bicyclic) bond motifs is 1. The fraction of sp³-hybridized carbons (Fsp3) is 0.545. The number of nitrogens with one attached hydrogen (secondary N) is 2. The van der Waals surface area contributed by atoms with Crippen LogP contribution in [-0.4, -0.2) is 52.6 Å². The highest BCUT2D eigenvalue weighted by Gasteiger charge is 2.15. The van der Waals surface area contributed by atoms with Gasteiger partial charge in [-0.1, -0.05) is 32.9 Å². The van der Waals surface area contributed by atoms with E-state index in [0.29, 0.717) is 6.54 Å². The lowest BCUT2D eigenvalue weighted by atomic mass is 10.0. The molecule has 6 heteroatoms. The Kier molecular flexibility index (Phi) is 8.45. The van der Waals surface area contributed by atoms with Crippen molar-refractivity contribution in [3.63, 3.8) is 0 Å². The second-order valence-electron chi connectivity index (χ2n) is 7.29. The lowest BCUT2D eigenvalue weighted by Gasteiger charge is -2.28. The van der Waals surface area contributed by atoms with Crippen LogP contribution < -0.4 is 10.9 Å². The normalized spacial score (nSPS) is 11.2. The van der Waals surface area contributed by atoms with Gasteiger partial charge >= 0.3 is 0 Å². The molecule has 2 aromatic rings. The van der Waals surface area contributed by atoms with Gasteiger partial charge in [0.1, 0.15) is 0 Å². The van der Waals surface area contributed by atoms with E-state index in [1.807, 2.05) is 19.1 Å². The smallest absolute Gasteiger partial charge is 0.253 e. The summed E-state index contributed by atoms with van der Waals surface area (Å²) in [6.45, 7) is 15.6. The molecule has 0 spiro atoms. The quantitative estimate of drug-likeness (QED) is 0.628. The Labute approximate surface area is 174 Å². The number of aryl methyl sites for hydroxylation is 2. The molecule has 0 aliphatic carbocycles. The van der Waals surface area contributed by atoms with E-state index in [1.165, 1.54) is 5.56 Å². The van der Waals surface area contributed by atoms with Crippen LogP contribution in [0.4, 0.5) is 0 Å². The third-order valence-corrected chi connectivity index (χ3v) is 5.68. The molecule has 2 N–H and O–H groups in total. The van der Waals surface area contributed by atoms with Gasteiger partial charge in [0.25, 0.3) is 5.56 Å². The van der Waals surface area contributed by atoms with Crippen molar-refractivity contribution in [1.29, 1.82) is 0 Å². The van der Waals surface area contributed by atoms with Crippen LogP contribution in [0.3, 0.4) is 0 Å². The van der Waals surface area contributed by atoms with E-state index in [0.717, 1.165) is 66.3 Å². The SMILES string of the molecule is CCCNC(=S)N(CCN(CC)CC)Cc1cc2c(C)ccc(C)c2[nH]c1=O. The van der Waals surface area contributed by atoms with Gasteiger partial charge in [0.05, 0.1) is 12.1 Å². The molecule has 0 aliphatic heterocycles. The lowest BCUT2D eigenvalue weighted by molar-refractivity contribution is 0.263. The Balaban J connectivity index is 2.31. The van der Waals surface area contributed by atoms with Gasteiger partial charge in [0, 0.05) is 30.6 Å². The molecular formula is C22H34N4OS. The van der Waals surface area contributed by atoms with E-state index in [-0.39, 0.29) is 5.56 Å². The van der Waals surface area contributed by atoms with E-state index in [9.17, 15) is 4.79 Å². The first kappa shape index (κ1) is 22.4. The van der Waals surface area contributed by atoms with Crippen molar-refractivity contribution in [2.45, 2.75) is 47.6 Å². The number of aromatic amines is 1. The minimum absolute atomic E-state index is 0.0349. The van der Waals surface area contributed by atoms with Crippen molar-refractivity contribution in [2.75, 3.05) is 32.7 Å². The molecule has 0 amide bonds. The second kappa shape index (κ2) is 10.6. The number of hydrogen-bond acceptors (Lipinski definition) is 3. The van der Waals surface area contributed by atoms with Crippen LogP contribution in [0.1, 0.15) is 43.9 Å². The third kappa shape index (κ3) is 5.55. The monoisotopic (exact) mass is 402 g/mol. The number of H-pyrrole nitrogens is 1. The number of rotatable bonds is 9. The number of benzene rings is 1. The molecule has 1 aromatic carbocycles. The van der Waals surface area contributed by atoms with Gasteiger partial charge in [0.15, 0.2) is 5.11 Å². The van der Waals surface area contributed by atoms with Crippen LogP contribution in [0.2, 0.25) is 0 Å². The maximum Gasteiger partial charge on any atom is 0.253 e. The van der Waals surface area contributed by atoms with E-state index in [4.69, 9.17) is 12.2 Å². The van der Waals surface area contributed by atoms with Crippen LogP contribution in [0.15, 0.2) is 23.0 Å². The molecule has 154 valence electrons. The maximum atomic E-state index is 12.8. The molecule has 0 saturated heterocycles. The Morgan fingerprint density at radius 3 is 2.43 bits per heavy atom. The summed E-state index contributed by atoms with van der Waals surface area (Å²) in [6.07, 6.45) is 1.01. The summed E-state index contributed by atoms with van der Waals surface area (Å²) < 4.78 is 0. The highest BCUT2D eigenvalue weighted by atomic mass is 32.1. The van der Waals surface area contributed by atoms with E-state index >= 15 is 0 Å². The highest BCUT2D eigenvalue weighted by molar-refractivity contribution is 7.80. The Bertz CT molecular complexity index is 857. The Morgan fingerprint density at radius 2 is 1.79 bits per heavy atom. The molecule has 28 heavy (non-hydrogen) atoms. The molecule has 1 heterocycles. The van der Waals surface area contributed by atoms with Gasteiger partial charge in [0.2, 0.25) is 0 Å². The van der Waals surface area contributed by atoms with E-state index < -0.39 is 0 Å². The average molecular weight is 403 g/mol. The van der Waals surface area contributed by atoms with Gasteiger partial charge in [-0.2, -0.15) is 0 Å². The predicted molar refractivity (Wildman–Crippen MR) is 123 cm³/mol. The van der Waals surface area contributed by atoms with Crippen molar-refractivity contribution in [1.82, 2.24) is 20.1 Å². The summed E-state index contributed by atoms with van der Waals surface area (Å²) in [5, 5.41) is 5.14. The minimum atomic E-state index is -0.0349. The zero-order valence-corrected chi connectivity index (χ0v) is 18.7.